The lowest BCUT2D eigenvalue weighted by Crippen LogP contribution is -2.13. The number of aromatic nitrogens is 1. The van der Waals surface area contributed by atoms with E-state index in [1.165, 1.54) is 23.1 Å². The number of fused-ring (bicyclic) bond motifs is 1. The Morgan fingerprint density at radius 3 is 2.45 bits per heavy atom. The van der Waals surface area contributed by atoms with Crippen molar-refractivity contribution in [1.29, 1.82) is 0 Å². The number of nitrogens with zero attached hydrogens (tertiary/aromatic N) is 1. The van der Waals surface area contributed by atoms with E-state index in [4.69, 9.17) is 23.2 Å². The van der Waals surface area contributed by atoms with E-state index in [1.807, 2.05) is 12.1 Å². The van der Waals surface area contributed by atoms with Gasteiger partial charge in [-0.3, -0.25) is 9.59 Å². The summed E-state index contributed by atoms with van der Waals surface area (Å²) < 4.78 is 1.69. The predicted octanol–water partition coefficient (Wildman–Crippen LogP) is 6.59. The van der Waals surface area contributed by atoms with E-state index in [1.54, 1.807) is 54.6 Å². The number of carbonyl (C=O) groups is 2. The van der Waals surface area contributed by atoms with E-state index in [-0.39, 0.29) is 17.6 Å². The van der Waals surface area contributed by atoms with E-state index in [0.717, 1.165) is 14.6 Å². The molecule has 1 heterocycles. The van der Waals surface area contributed by atoms with Crippen molar-refractivity contribution in [2.45, 2.75) is 4.34 Å². The standard InChI is InChI=1S/C22H15Cl2N3O2S2/c23-13-5-7-14(8-6-13)25-20(28)12-30-22-27-18-10-9-15(11-19(18)31-22)26-21(29)16-3-1-2-4-17(16)24/h1-11H,12H2,(H,25,28)(H,26,29). The van der Waals surface area contributed by atoms with E-state index < -0.39 is 0 Å². The van der Waals surface area contributed by atoms with Gasteiger partial charge in [0.05, 0.1) is 26.6 Å². The molecule has 0 saturated heterocycles. The highest BCUT2D eigenvalue weighted by atomic mass is 35.5. The molecule has 0 aliphatic heterocycles. The number of amides is 2. The van der Waals surface area contributed by atoms with Gasteiger partial charge in [0, 0.05) is 16.4 Å². The summed E-state index contributed by atoms with van der Waals surface area (Å²) in [6.07, 6.45) is 0. The highest BCUT2D eigenvalue weighted by Gasteiger charge is 2.12. The molecule has 0 fully saturated rings. The quantitative estimate of drug-likeness (QED) is 0.301. The van der Waals surface area contributed by atoms with Gasteiger partial charge in [-0.1, -0.05) is 47.1 Å². The van der Waals surface area contributed by atoms with Crippen LogP contribution in [-0.2, 0) is 4.79 Å². The summed E-state index contributed by atoms with van der Waals surface area (Å²) in [6.45, 7) is 0. The zero-order valence-electron chi connectivity index (χ0n) is 15.9. The molecule has 0 spiro atoms. The Balaban J connectivity index is 1.39. The number of nitrogens with one attached hydrogen (secondary N) is 2. The molecule has 2 N–H and O–H groups in total. The van der Waals surface area contributed by atoms with Crippen LogP contribution in [0.1, 0.15) is 10.4 Å². The topological polar surface area (TPSA) is 71.1 Å². The molecule has 0 bridgehead atoms. The Morgan fingerprint density at radius 1 is 0.935 bits per heavy atom. The molecule has 0 radical (unpaired) electrons. The van der Waals surface area contributed by atoms with Gasteiger partial charge in [-0.05, 0) is 54.6 Å². The number of thiazole rings is 1. The molecule has 0 saturated carbocycles. The molecule has 0 aliphatic carbocycles. The average Bonchev–Trinajstić information content (AvgIpc) is 3.16. The van der Waals surface area contributed by atoms with Gasteiger partial charge in [0.1, 0.15) is 0 Å². The summed E-state index contributed by atoms with van der Waals surface area (Å²) in [7, 11) is 0. The molecule has 0 atom stereocenters. The molecule has 3 aromatic carbocycles. The van der Waals surface area contributed by atoms with Gasteiger partial charge in [-0.2, -0.15) is 0 Å². The first-order chi connectivity index (χ1) is 15.0. The Morgan fingerprint density at radius 2 is 1.68 bits per heavy atom. The maximum atomic E-state index is 12.5. The summed E-state index contributed by atoms with van der Waals surface area (Å²) in [6, 6.07) is 19.3. The normalized spacial score (nSPS) is 10.8. The lowest BCUT2D eigenvalue weighted by Gasteiger charge is -2.06. The van der Waals surface area contributed by atoms with Gasteiger partial charge in [-0.25, -0.2) is 4.98 Å². The van der Waals surface area contributed by atoms with Gasteiger partial charge >= 0.3 is 0 Å². The molecular weight excluding hydrogens is 473 g/mol. The molecule has 9 heteroatoms. The second-order valence-electron chi connectivity index (χ2n) is 6.44. The zero-order chi connectivity index (χ0) is 21.8. The maximum Gasteiger partial charge on any atom is 0.257 e. The van der Waals surface area contributed by atoms with Crippen LogP contribution in [0.25, 0.3) is 10.2 Å². The monoisotopic (exact) mass is 487 g/mol. The summed E-state index contributed by atoms with van der Waals surface area (Å²) in [5.41, 5.74) is 2.56. The summed E-state index contributed by atoms with van der Waals surface area (Å²) >= 11 is 14.8. The van der Waals surface area contributed by atoms with Gasteiger partial charge in [-0.15, -0.1) is 11.3 Å². The summed E-state index contributed by atoms with van der Waals surface area (Å²) in [5.74, 6) is -0.166. The Kier molecular flexibility index (Phi) is 6.77. The van der Waals surface area contributed by atoms with E-state index in [0.29, 0.717) is 27.0 Å². The lowest BCUT2D eigenvalue weighted by atomic mass is 10.2. The van der Waals surface area contributed by atoms with Crippen LogP contribution in [0, 0.1) is 0 Å². The number of halogens is 2. The van der Waals surface area contributed by atoms with E-state index >= 15 is 0 Å². The smallest absolute Gasteiger partial charge is 0.257 e. The third-order valence-corrected chi connectivity index (χ3v) is 6.94. The van der Waals surface area contributed by atoms with Gasteiger partial charge in [0.2, 0.25) is 5.91 Å². The zero-order valence-corrected chi connectivity index (χ0v) is 19.0. The van der Waals surface area contributed by atoms with Crippen molar-refractivity contribution in [3.05, 3.63) is 82.3 Å². The van der Waals surface area contributed by atoms with Crippen LogP contribution >= 0.6 is 46.3 Å². The van der Waals surface area contributed by atoms with Crippen molar-refractivity contribution in [2.75, 3.05) is 16.4 Å². The molecule has 156 valence electrons. The van der Waals surface area contributed by atoms with Crippen molar-refractivity contribution in [2.24, 2.45) is 0 Å². The SMILES string of the molecule is O=C(CSc1nc2ccc(NC(=O)c3ccccc3Cl)cc2s1)Nc1ccc(Cl)cc1. The highest BCUT2D eigenvalue weighted by Crippen LogP contribution is 2.31. The fourth-order valence-electron chi connectivity index (χ4n) is 2.74. The average molecular weight is 488 g/mol. The molecule has 5 nitrogen and oxygen atoms in total. The molecule has 1 aromatic heterocycles. The van der Waals surface area contributed by atoms with Crippen molar-refractivity contribution in [1.82, 2.24) is 4.98 Å². The number of hydrogen-bond donors (Lipinski definition) is 2. The minimum atomic E-state index is -0.275. The van der Waals surface area contributed by atoms with Crippen LogP contribution in [0.4, 0.5) is 11.4 Å². The Labute approximate surface area is 196 Å². The number of benzene rings is 3. The number of rotatable bonds is 6. The molecule has 2 amide bonds. The van der Waals surface area contributed by atoms with E-state index in [2.05, 4.69) is 15.6 Å². The first-order valence-electron chi connectivity index (χ1n) is 9.12. The second kappa shape index (κ2) is 9.70. The minimum Gasteiger partial charge on any atom is -0.325 e. The molecule has 0 unspecified atom stereocenters. The van der Waals surface area contributed by atoms with Crippen LogP contribution in [0.2, 0.25) is 10.0 Å². The van der Waals surface area contributed by atoms with Gasteiger partial charge < -0.3 is 10.6 Å². The number of thioether (sulfide) groups is 1. The fraction of sp³-hybridized carbons (Fsp3) is 0.0455. The third kappa shape index (κ3) is 5.57. The Hall–Kier alpha value is -2.58. The van der Waals surface area contributed by atoms with Gasteiger partial charge in [0.25, 0.3) is 5.91 Å². The summed E-state index contributed by atoms with van der Waals surface area (Å²) in [5, 5.41) is 6.69. The molecule has 31 heavy (non-hydrogen) atoms. The highest BCUT2D eigenvalue weighted by molar-refractivity contribution is 8.01. The lowest BCUT2D eigenvalue weighted by molar-refractivity contribution is -0.113. The minimum absolute atomic E-state index is 0.126. The van der Waals surface area contributed by atoms with Crippen LogP contribution in [0.5, 0.6) is 0 Å². The number of hydrogen-bond acceptors (Lipinski definition) is 5. The van der Waals surface area contributed by atoms with Crippen molar-refractivity contribution >= 4 is 79.7 Å². The molecule has 0 aliphatic rings. The number of anilines is 2. The van der Waals surface area contributed by atoms with Crippen LogP contribution in [-0.4, -0.2) is 22.6 Å². The van der Waals surface area contributed by atoms with Crippen molar-refractivity contribution in [3.63, 3.8) is 0 Å². The number of carbonyl (C=O) groups excluding carboxylic acids is 2. The molecule has 4 rings (SSSR count). The van der Waals surface area contributed by atoms with Crippen LogP contribution < -0.4 is 10.6 Å². The predicted molar refractivity (Wildman–Crippen MR) is 130 cm³/mol. The Bertz CT molecular complexity index is 1260. The maximum absolute atomic E-state index is 12.5. The van der Waals surface area contributed by atoms with Crippen molar-refractivity contribution < 1.29 is 9.59 Å². The second-order valence-corrected chi connectivity index (χ2v) is 9.54. The first kappa shape index (κ1) is 21.6. The fourth-order valence-corrected chi connectivity index (χ4v) is 5.00. The molecular formula is C22H15Cl2N3O2S2. The third-order valence-electron chi connectivity index (χ3n) is 4.20. The van der Waals surface area contributed by atoms with Gasteiger partial charge in [0.15, 0.2) is 4.34 Å². The first-order valence-corrected chi connectivity index (χ1v) is 11.7. The van der Waals surface area contributed by atoms with E-state index in [9.17, 15) is 9.59 Å². The molecule has 4 aromatic rings. The van der Waals surface area contributed by atoms with Crippen molar-refractivity contribution in [3.8, 4) is 0 Å². The largest absolute Gasteiger partial charge is 0.325 e. The van der Waals surface area contributed by atoms with Crippen LogP contribution in [0.3, 0.4) is 0 Å². The summed E-state index contributed by atoms with van der Waals surface area (Å²) in [4.78, 5) is 29.2. The van der Waals surface area contributed by atoms with Crippen LogP contribution in [0.15, 0.2) is 71.1 Å².